The van der Waals surface area contributed by atoms with Crippen LogP contribution >= 0.6 is 0 Å². The molecule has 14 heteroatoms. The van der Waals surface area contributed by atoms with Crippen LogP contribution in [0.3, 0.4) is 0 Å². The number of alkyl halides is 3. The summed E-state index contributed by atoms with van der Waals surface area (Å²) < 4.78 is 62.6. The highest BCUT2D eigenvalue weighted by Crippen LogP contribution is 2.40. The summed E-state index contributed by atoms with van der Waals surface area (Å²) in [4.78, 5) is 50.2. The lowest BCUT2D eigenvalue weighted by atomic mass is 9.88. The van der Waals surface area contributed by atoms with Crippen molar-refractivity contribution in [3.8, 4) is 11.6 Å². The molecule has 34 heavy (non-hydrogen) atoms. The summed E-state index contributed by atoms with van der Waals surface area (Å²) in [5, 5.41) is 22.8. The quantitative estimate of drug-likeness (QED) is 0.337. The van der Waals surface area contributed by atoms with Gasteiger partial charge in [-0.2, -0.15) is 13.2 Å². The Morgan fingerprint density at radius 1 is 1.21 bits per heavy atom. The highest BCUT2D eigenvalue weighted by atomic mass is 19.4. The highest BCUT2D eigenvalue weighted by Gasteiger charge is 2.37. The van der Waals surface area contributed by atoms with Crippen LogP contribution in [0.25, 0.3) is 0 Å². The number of hydrogen-bond donors (Lipinski definition) is 4. The van der Waals surface area contributed by atoms with Crippen LogP contribution in [0.5, 0.6) is 11.6 Å². The zero-order valence-corrected chi connectivity index (χ0v) is 17.6. The standard InChI is InChI=1S/C20H18F4N2O8/c1-3-34-11(27)7-25-16(29)12(9-5-4-8(6-10(9)21)20(22,23)24)13-15(28)14(19(32)33-2)18(31)26-17(13)30/h4-6,12H,3,7H2,1-2H3,(H,25,29)(H3,26,28,30,31). The first kappa shape index (κ1) is 26.2. The van der Waals surface area contributed by atoms with E-state index in [1.54, 1.807) is 4.98 Å². The number of aromatic amines is 1. The van der Waals surface area contributed by atoms with E-state index in [1.165, 1.54) is 6.92 Å². The largest absolute Gasteiger partial charge is 0.506 e. The van der Waals surface area contributed by atoms with E-state index in [2.05, 4.69) is 9.47 Å². The first-order valence-corrected chi connectivity index (χ1v) is 9.39. The van der Waals surface area contributed by atoms with E-state index in [0.717, 1.165) is 7.11 Å². The first-order valence-electron chi connectivity index (χ1n) is 9.39. The number of halogens is 4. The molecular formula is C20H18F4N2O8. The van der Waals surface area contributed by atoms with Gasteiger partial charge in [0.1, 0.15) is 18.1 Å². The second kappa shape index (κ2) is 10.2. The molecular weight excluding hydrogens is 472 g/mol. The molecule has 1 amide bonds. The van der Waals surface area contributed by atoms with Gasteiger partial charge in [0.2, 0.25) is 5.91 Å². The Morgan fingerprint density at radius 3 is 2.38 bits per heavy atom. The van der Waals surface area contributed by atoms with Crippen molar-refractivity contribution in [1.29, 1.82) is 0 Å². The molecule has 0 radical (unpaired) electrons. The Kier molecular flexibility index (Phi) is 7.87. The maximum absolute atomic E-state index is 14.8. The van der Waals surface area contributed by atoms with Crippen molar-refractivity contribution in [3.05, 3.63) is 56.6 Å². The van der Waals surface area contributed by atoms with Crippen LogP contribution in [0, 0.1) is 5.82 Å². The molecule has 1 heterocycles. The maximum Gasteiger partial charge on any atom is 0.416 e. The number of aromatic hydroxyl groups is 2. The molecule has 184 valence electrons. The number of rotatable bonds is 7. The monoisotopic (exact) mass is 490 g/mol. The molecule has 1 atom stereocenters. The van der Waals surface area contributed by atoms with Gasteiger partial charge in [-0.05, 0) is 19.1 Å². The van der Waals surface area contributed by atoms with Crippen LogP contribution in [0.15, 0.2) is 23.0 Å². The number of benzene rings is 1. The Morgan fingerprint density at radius 2 is 1.85 bits per heavy atom. The van der Waals surface area contributed by atoms with Gasteiger partial charge in [0.25, 0.3) is 5.56 Å². The van der Waals surface area contributed by atoms with Crippen molar-refractivity contribution in [3.63, 3.8) is 0 Å². The Bertz CT molecular complexity index is 1180. The molecule has 1 aromatic carbocycles. The Balaban J connectivity index is 2.73. The SMILES string of the molecule is CCOC(=O)CNC(=O)C(c1ccc(C(F)(F)F)cc1F)c1c(O)[nH]c(=O)c(C(=O)OC)c1O. The molecule has 0 fully saturated rings. The number of carbonyl (C=O) groups excluding carboxylic acids is 3. The Labute approximate surface area is 188 Å². The number of aromatic nitrogens is 1. The van der Waals surface area contributed by atoms with E-state index in [9.17, 15) is 47.0 Å². The fourth-order valence-electron chi connectivity index (χ4n) is 3.00. The van der Waals surface area contributed by atoms with Crippen molar-refractivity contribution in [2.24, 2.45) is 0 Å². The van der Waals surface area contributed by atoms with Crippen LogP contribution in [0.4, 0.5) is 17.6 Å². The van der Waals surface area contributed by atoms with Crippen LogP contribution in [0.1, 0.15) is 39.9 Å². The molecule has 0 spiro atoms. The van der Waals surface area contributed by atoms with Gasteiger partial charge < -0.3 is 25.0 Å². The van der Waals surface area contributed by atoms with Crippen LogP contribution < -0.4 is 10.9 Å². The average molecular weight is 490 g/mol. The van der Waals surface area contributed by atoms with Crippen molar-refractivity contribution < 1.29 is 51.6 Å². The maximum atomic E-state index is 14.8. The lowest BCUT2D eigenvalue weighted by Crippen LogP contribution is -2.36. The van der Waals surface area contributed by atoms with E-state index < -0.39 is 81.7 Å². The van der Waals surface area contributed by atoms with Gasteiger partial charge in [-0.15, -0.1) is 0 Å². The topological polar surface area (TPSA) is 155 Å². The number of esters is 2. The summed E-state index contributed by atoms with van der Waals surface area (Å²) in [6.45, 7) is 0.667. The normalized spacial score (nSPS) is 12.1. The molecule has 10 nitrogen and oxygen atoms in total. The first-order chi connectivity index (χ1) is 15.8. The van der Waals surface area contributed by atoms with Gasteiger partial charge in [-0.1, -0.05) is 6.07 Å². The summed E-state index contributed by atoms with van der Waals surface area (Å²) in [6, 6.07) is 1.07. The van der Waals surface area contributed by atoms with Crippen LogP contribution in [-0.2, 0) is 25.2 Å². The van der Waals surface area contributed by atoms with Crippen LogP contribution in [0.2, 0.25) is 0 Å². The van der Waals surface area contributed by atoms with Crippen molar-refractivity contribution in [1.82, 2.24) is 10.3 Å². The average Bonchev–Trinajstić information content (AvgIpc) is 2.74. The molecule has 0 aliphatic carbocycles. The zero-order valence-electron chi connectivity index (χ0n) is 17.6. The number of amides is 1. The molecule has 0 saturated carbocycles. The molecule has 0 aliphatic rings. The molecule has 4 N–H and O–H groups in total. The number of hydrogen-bond acceptors (Lipinski definition) is 8. The smallest absolute Gasteiger partial charge is 0.416 e. The lowest BCUT2D eigenvalue weighted by Gasteiger charge is -2.21. The predicted octanol–water partition coefficient (Wildman–Crippen LogP) is 1.54. The van der Waals surface area contributed by atoms with Crippen molar-refractivity contribution in [2.75, 3.05) is 20.3 Å². The predicted molar refractivity (Wildman–Crippen MR) is 105 cm³/mol. The van der Waals surface area contributed by atoms with E-state index in [-0.39, 0.29) is 12.7 Å². The van der Waals surface area contributed by atoms with E-state index in [4.69, 9.17) is 0 Å². The molecule has 0 bridgehead atoms. The zero-order chi connectivity index (χ0) is 25.8. The molecule has 1 aromatic heterocycles. The van der Waals surface area contributed by atoms with Crippen LogP contribution in [-0.4, -0.2) is 53.3 Å². The van der Waals surface area contributed by atoms with Gasteiger partial charge in [-0.3, -0.25) is 19.4 Å². The molecule has 0 aliphatic heterocycles. The number of carbonyl (C=O) groups is 3. The second-order valence-electron chi connectivity index (χ2n) is 6.62. The number of pyridine rings is 1. The summed E-state index contributed by atoms with van der Waals surface area (Å²) in [5.41, 5.74) is -5.51. The van der Waals surface area contributed by atoms with Crippen molar-refractivity contribution in [2.45, 2.75) is 19.0 Å². The molecule has 2 aromatic rings. The van der Waals surface area contributed by atoms with Gasteiger partial charge >= 0.3 is 18.1 Å². The number of ether oxygens (including phenoxy) is 2. The van der Waals surface area contributed by atoms with Gasteiger partial charge in [0, 0.05) is 5.56 Å². The minimum absolute atomic E-state index is 0.0460. The van der Waals surface area contributed by atoms with E-state index >= 15 is 0 Å². The number of nitrogens with one attached hydrogen (secondary N) is 2. The third kappa shape index (κ3) is 5.44. The summed E-state index contributed by atoms with van der Waals surface area (Å²) in [5.74, 6) is -9.78. The Hall–Kier alpha value is -4.10. The number of H-pyrrole nitrogens is 1. The number of methoxy groups -OCH3 is 1. The molecule has 2 rings (SSSR count). The van der Waals surface area contributed by atoms with Gasteiger partial charge in [-0.25, -0.2) is 9.18 Å². The van der Waals surface area contributed by atoms with Gasteiger partial charge in [0.15, 0.2) is 11.4 Å². The van der Waals surface area contributed by atoms with Crippen molar-refractivity contribution >= 4 is 17.8 Å². The minimum Gasteiger partial charge on any atom is -0.506 e. The molecule has 0 saturated heterocycles. The fraction of sp³-hybridized carbons (Fsp3) is 0.300. The summed E-state index contributed by atoms with van der Waals surface area (Å²) in [7, 11) is 0.854. The third-order valence-electron chi connectivity index (χ3n) is 4.50. The summed E-state index contributed by atoms with van der Waals surface area (Å²) >= 11 is 0. The third-order valence-corrected chi connectivity index (χ3v) is 4.50. The van der Waals surface area contributed by atoms with E-state index in [0.29, 0.717) is 12.1 Å². The highest BCUT2D eigenvalue weighted by molar-refractivity contribution is 5.96. The fourth-order valence-corrected chi connectivity index (χ4v) is 3.00. The summed E-state index contributed by atoms with van der Waals surface area (Å²) in [6.07, 6.45) is -4.93. The van der Waals surface area contributed by atoms with Gasteiger partial charge in [0.05, 0.1) is 30.8 Å². The molecule has 1 unspecified atom stereocenters. The minimum atomic E-state index is -4.93. The lowest BCUT2D eigenvalue weighted by molar-refractivity contribution is -0.143. The van der Waals surface area contributed by atoms with E-state index in [1.807, 2.05) is 5.32 Å². The second-order valence-corrected chi connectivity index (χ2v) is 6.62.